The minimum atomic E-state index is -0.744. The number of nitriles is 1. The van der Waals surface area contributed by atoms with Gasteiger partial charge in [-0.15, -0.1) is 0 Å². The van der Waals surface area contributed by atoms with E-state index in [2.05, 4.69) is 21.4 Å². The van der Waals surface area contributed by atoms with Crippen LogP contribution in [0.4, 0.5) is 5.82 Å². The molecule has 1 aliphatic carbocycles. The first-order valence-electron chi connectivity index (χ1n) is 6.75. The summed E-state index contributed by atoms with van der Waals surface area (Å²) in [5.41, 5.74) is 4.37. The van der Waals surface area contributed by atoms with Gasteiger partial charge in [-0.3, -0.25) is 9.59 Å². The van der Waals surface area contributed by atoms with Gasteiger partial charge in [0.25, 0.3) is 5.56 Å². The molecule has 1 aromatic heterocycles. The fraction of sp³-hybridized carbons (Fsp3) is 0.538. The summed E-state index contributed by atoms with van der Waals surface area (Å²) in [7, 11) is 0. The Bertz CT molecular complexity index is 616. The summed E-state index contributed by atoms with van der Waals surface area (Å²) < 4.78 is 0. The molecule has 8 heteroatoms. The third kappa shape index (κ3) is 4.23. The number of aromatic amines is 1. The number of carbonyl (C=O) groups is 1. The average Bonchev–Trinajstić information content (AvgIpc) is 2.45. The van der Waals surface area contributed by atoms with Gasteiger partial charge in [-0.25, -0.2) is 4.98 Å². The van der Waals surface area contributed by atoms with E-state index in [4.69, 9.17) is 5.73 Å². The molecule has 1 heterocycles. The maximum Gasteiger partial charge on any atom is 0.253 e. The van der Waals surface area contributed by atoms with Gasteiger partial charge >= 0.3 is 0 Å². The van der Waals surface area contributed by atoms with Crippen molar-refractivity contribution >= 4 is 23.5 Å². The largest absolute Gasteiger partial charge is 0.383 e. The lowest BCUT2D eigenvalue weighted by Gasteiger charge is -2.31. The molecule has 0 aromatic carbocycles. The van der Waals surface area contributed by atoms with Gasteiger partial charge < -0.3 is 16.0 Å². The Balaban J connectivity index is 1.92. The highest BCUT2D eigenvalue weighted by atomic mass is 32.2. The van der Waals surface area contributed by atoms with Crippen molar-refractivity contribution in [3.63, 3.8) is 0 Å². The molecule has 1 aromatic rings. The monoisotopic (exact) mass is 307 g/mol. The molecule has 21 heavy (non-hydrogen) atoms. The number of nitrogens with zero attached hydrogens (tertiary/aromatic N) is 2. The third-order valence-corrected chi connectivity index (χ3v) is 4.25. The highest BCUT2D eigenvalue weighted by Gasteiger charge is 2.33. The summed E-state index contributed by atoms with van der Waals surface area (Å²) in [6.07, 6.45) is 4.37. The van der Waals surface area contributed by atoms with Crippen LogP contribution in [0.5, 0.6) is 0 Å². The normalized spacial score (nSPS) is 16.9. The molecule has 112 valence electrons. The van der Waals surface area contributed by atoms with Crippen molar-refractivity contribution in [2.75, 3.05) is 11.5 Å². The van der Waals surface area contributed by atoms with Gasteiger partial charge in [0, 0.05) is 6.07 Å². The van der Waals surface area contributed by atoms with Crippen LogP contribution >= 0.6 is 11.8 Å². The lowest BCUT2D eigenvalue weighted by molar-refractivity contribution is -0.120. The van der Waals surface area contributed by atoms with Gasteiger partial charge in [-0.05, 0) is 12.8 Å². The smallest absolute Gasteiger partial charge is 0.253 e. The molecule has 4 N–H and O–H groups in total. The third-order valence-electron chi connectivity index (χ3n) is 3.38. The molecule has 1 amide bonds. The molecular formula is C13H17N5O2S. The Hall–Kier alpha value is -2.01. The van der Waals surface area contributed by atoms with Crippen LogP contribution in [0.2, 0.25) is 0 Å². The number of hydrogen-bond acceptors (Lipinski definition) is 6. The van der Waals surface area contributed by atoms with Crippen LogP contribution < -0.4 is 16.6 Å². The molecule has 0 saturated heterocycles. The number of nitrogen functional groups attached to an aromatic ring is 1. The van der Waals surface area contributed by atoms with E-state index in [0.717, 1.165) is 31.0 Å². The van der Waals surface area contributed by atoms with E-state index in [1.807, 2.05) is 0 Å². The van der Waals surface area contributed by atoms with Gasteiger partial charge in [0.15, 0.2) is 5.16 Å². The molecule has 2 rings (SSSR count). The Morgan fingerprint density at radius 2 is 2.24 bits per heavy atom. The Labute approximate surface area is 126 Å². The summed E-state index contributed by atoms with van der Waals surface area (Å²) in [6.45, 7) is 0. The second kappa shape index (κ2) is 6.63. The quantitative estimate of drug-likeness (QED) is 0.558. The van der Waals surface area contributed by atoms with E-state index in [9.17, 15) is 14.9 Å². The molecule has 1 saturated carbocycles. The summed E-state index contributed by atoms with van der Waals surface area (Å²) in [5.74, 6) is -0.0496. The van der Waals surface area contributed by atoms with Gasteiger partial charge in [-0.2, -0.15) is 5.26 Å². The van der Waals surface area contributed by atoms with Crippen molar-refractivity contribution < 1.29 is 4.79 Å². The van der Waals surface area contributed by atoms with E-state index in [-0.39, 0.29) is 23.0 Å². The van der Waals surface area contributed by atoms with E-state index >= 15 is 0 Å². The summed E-state index contributed by atoms with van der Waals surface area (Å²) >= 11 is 1.09. The Morgan fingerprint density at radius 3 is 2.86 bits per heavy atom. The van der Waals surface area contributed by atoms with Crippen LogP contribution in [-0.4, -0.2) is 27.2 Å². The standard InChI is InChI=1S/C13H17N5O2S/c14-8-13(4-2-1-3-5-13)18-11(20)7-21-12-16-9(15)6-10(19)17-12/h6H,1-5,7H2,(H,18,20)(H3,15,16,17,19). The summed E-state index contributed by atoms with van der Waals surface area (Å²) in [6, 6.07) is 3.41. The number of aromatic nitrogens is 2. The second-order valence-electron chi connectivity index (χ2n) is 5.07. The first-order valence-corrected chi connectivity index (χ1v) is 7.73. The SMILES string of the molecule is N#CC1(NC(=O)CSc2nc(N)cc(=O)[nH]2)CCCCC1. The van der Waals surface area contributed by atoms with Gasteiger partial charge in [0.1, 0.15) is 11.4 Å². The van der Waals surface area contributed by atoms with Gasteiger partial charge in [0.05, 0.1) is 11.8 Å². The van der Waals surface area contributed by atoms with Crippen molar-refractivity contribution in [2.24, 2.45) is 0 Å². The number of hydrogen-bond donors (Lipinski definition) is 3. The molecule has 0 atom stereocenters. The van der Waals surface area contributed by atoms with Crippen LogP contribution in [0, 0.1) is 11.3 Å². The topological polar surface area (TPSA) is 125 Å². The first kappa shape index (κ1) is 15.4. The van der Waals surface area contributed by atoms with Crippen LogP contribution in [0.1, 0.15) is 32.1 Å². The number of anilines is 1. The van der Waals surface area contributed by atoms with E-state index in [0.29, 0.717) is 18.0 Å². The molecule has 1 aliphatic rings. The highest BCUT2D eigenvalue weighted by molar-refractivity contribution is 7.99. The Kier molecular flexibility index (Phi) is 4.85. The zero-order chi connectivity index (χ0) is 15.3. The summed E-state index contributed by atoms with van der Waals surface area (Å²) in [5, 5.41) is 12.4. The molecule has 0 radical (unpaired) electrons. The molecule has 0 bridgehead atoms. The van der Waals surface area contributed by atoms with E-state index < -0.39 is 5.54 Å². The van der Waals surface area contributed by atoms with E-state index in [1.54, 1.807) is 0 Å². The van der Waals surface area contributed by atoms with Crippen LogP contribution in [-0.2, 0) is 4.79 Å². The number of nitrogens with one attached hydrogen (secondary N) is 2. The molecule has 7 nitrogen and oxygen atoms in total. The number of carbonyl (C=O) groups excluding carboxylic acids is 1. The first-order chi connectivity index (χ1) is 10.0. The maximum atomic E-state index is 12.0. The molecular weight excluding hydrogens is 290 g/mol. The van der Waals surface area contributed by atoms with Crippen LogP contribution in [0.25, 0.3) is 0 Å². The maximum absolute atomic E-state index is 12.0. The lowest BCUT2D eigenvalue weighted by Crippen LogP contribution is -2.49. The minimum Gasteiger partial charge on any atom is -0.383 e. The Morgan fingerprint density at radius 1 is 1.52 bits per heavy atom. The number of rotatable bonds is 4. The van der Waals surface area contributed by atoms with Gasteiger partial charge in [0.2, 0.25) is 5.91 Å². The number of thioether (sulfide) groups is 1. The molecule has 0 aliphatic heterocycles. The number of nitrogens with two attached hydrogens (primary N) is 1. The minimum absolute atomic E-state index is 0.0792. The summed E-state index contributed by atoms with van der Waals surface area (Å²) in [4.78, 5) is 29.7. The highest BCUT2D eigenvalue weighted by Crippen LogP contribution is 2.27. The zero-order valence-electron chi connectivity index (χ0n) is 11.5. The molecule has 1 fully saturated rings. The van der Waals surface area contributed by atoms with Crippen molar-refractivity contribution in [1.82, 2.24) is 15.3 Å². The fourth-order valence-corrected chi connectivity index (χ4v) is 3.06. The van der Waals surface area contributed by atoms with Crippen molar-refractivity contribution in [3.05, 3.63) is 16.4 Å². The number of H-pyrrole nitrogens is 1. The van der Waals surface area contributed by atoms with Crippen LogP contribution in [0.3, 0.4) is 0 Å². The van der Waals surface area contributed by atoms with Crippen LogP contribution in [0.15, 0.2) is 16.0 Å². The van der Waals surface area contributed by atoms with Crippen molar-refractivity contribution in [3.8, 4) is 6.07 Å². The van der Waals surface area contributed by atoms with Crippen molar-refractivity contribution in [1.29, 1.82) is 5.26 Å². The van der Waals surface area contributed by atoms with Gasteiger partial charge in [-0.1, -0.05) is 31.0 Å². The predicted molar refractivity (Wildman–Crippen MR) is 79.6 cm³/mol. The fourth-order valence-electron chi connectivity index (χ4n) is 2.38. The average molecular weight is 307 g/mol. The molecule has 0 unspecified atom stereocenters. The molecule has 0 spiro atoms. The predicted octanol–water partition coefficient (Wildman–Crippen LogP) is 0.787. The number of amides is 1. The van der Waals surface area contributed by atoms with E-state index in [1.165, 1.54) is 6.07 Å². The zero-order valence-corrected chi connectivity index (χ0v) is 12.3. The van der Waals surface area contributed by atoms with Crippen molar-refractivity contribution in [2.45, 2.75) is 42.8 Å². The lowest BCUT2D eigenvalue weighted by atomic mass is 9.83. The second-order valence-corrected chi connectivity index (χ2v) is 6.03.